The van der Waals surface area contributed by atoms with Crippen LogP contribution in [-0.2, 0) is 4.74 Å². The van der Waals surface area contributed by atoms with Crippen molar-refractivity contribution in [1.29, 1.82) is 5.26 Å². The first kappa shape index (κ1) is 34.6. The molecule has 4 atom stereocenters. The number of hydrogen-bond donors (Lipinski definition) is 1. The maximum Gasteiger partial charge on any atom is 0.407 e. The number of rotatable bonds is 7. The number of nitriles is 1. The van der Waals surface area contributed by atoms with Crippen LogP contribution >= 0.6 is 11.6 Å². The number of aromatic nitrogens is 5. The van der Waals surface area contributed by atoms with Crippen molar-refractivity contribution in [1.82, 2.24) is 34.3 Å². The zero-order chi connectivity index (χ0) is 36.3. The summed E-state index contributed by atoms with van der Waals surface area (Å²) in [4.78, 5) is 20.5. The highest BCUT2D eigenvalue weighted by atomic mass is 35.5. The third-order valence-electron chi connectivity index (χ3n) is 11.5. The molecular formula is C38H42ClFN8O4. The molecule has 6 heterocycles. The van der Waals surface area contributed by atoms with Gasteiger partial charge in [0.1, 0.15) is 12.1 Å². The van der Waals surface area contributed by atoms with Gasteiger partial charge >= 0.3 is 6.09 Å². The molecule has 272 valence electrons. The van der Waals surface area contributed by atoms with E-state index in [1.807, 2.05) is 23.2 Å². The Morgan fingerprint density at radius 1 is 1.06 bits per heavy atom. The zero-order valence-electron chi connectivity index (χ0n) is 29.6. The number of likely N-dealkylation sites (N-methyl/N-ethyl adjacent to an activating group) is 1. The molecule has 3 aliphatic heterocycles. The largest absolute Gasteiger partial charge is 0.475 e. The number of amides is 1. The van der Waals surface area contributed by atoms with Crippen molar-refractivity contribution in [2.24, 2.45) is 0 Å². The number of nitrogens with zero attached hydrogens (tertiary/aromatic N) is 8. The Hall–Kier alpha value is -4.51. The Labute approximate surface area is 305 Å². The van der Waals surface area contributed by atoms with Crippen LogP contribution in [-0.4, -0.2) is 91.0 Å². The Balaban J connectivity index is 1.31. The number of fused-ring (bicyclic) bond motifs is 4. The fraction of sp³-hybridized carbons (Fsp3) is 0.500. The molecule has 12 nitrogen and oxygen atoms in total. The highest BCUT2D eigenvalue weighted by Gasteiger charge is 2.35. The first-order valence-corrected chi connectivity index (χ1v) is 18.5. The molecule has 1 amide bonds. The van der Waals surface area contributed by atoms with Gasteiger partial charge in [-0.15, -0.1) is 0 Å². The van der Waals surface area contributed by atoms with E-state index in [4.69, 9.17) is 36.3 Å². The zero-order valence-corrected chi connectivity index (χ0v) is 30.4. The number of halogens is 2. The minimum atomic E-state index is -1.05. The van der Waals surface area contributed by atoms with Gasteiger partial charge in [-0.2, -0.15) is 15.5 Å². The molecule has 14 heteroatoms. The van der Waals surface area contributed by atoms with E-state index in [0.29, 0.717) is 47.9 Å². The van der Waals surface area contributed by atoms with Crippen molar-refractivity contribution in [3.05, 3.63) is 46.5 Å². The van der Waals surface area contributed by atoms with Gasteiger partial charge in [0.25, 0.3) is 0 Å². The van der Waals surface area contributed by atoms with Crippen LogP contribution in [0.3, 0.4) is 0 Å². The number of carbonyl (C=O) groups is 1. The summed E-state index contributed by atoms with van der Waals surface area (Å²) in [5.74, 6) is -0.286. The third kappa shape index (κ3) is 5.81. The van der Waals surface area contributed by atoms with E-state index in [-0.39, 0.29) is 53.3 Å². The number of pyridine rings is 1. The van der Waals surface area contributed by atoms with Crippen LogP contribution in [0, 0.1) is 31.0 Å². The van der Waals surface area contributed by atoms with E-state index in [0.717, 1.165) is 60.7 Å². The summed E-state index contributed by atoms with van der Waals surface area (Å²) in [6.45, 7) is 6.26. The minimum absolute atomic E-state index is 0.0607. The van der Waals surface area contributed by atoms with Crippen LogP contribution < -0.4 is 4.74 Å². The summed E-state index contributed by atoms with van der Waals surface area (Å²) in [7, 11) is 2.07. The van der Waals surface area contributed by atoms with Crippen molar-refractivity contribution in [2.45, 2.75) is 89.6 Å². The molecule has 2 unspecified atom stereocenters. The second kappa shape index (κ2) is 13.8. The van der Waals surface area contributed by atoms with Gasteiger partial charge in [0, 0.05) is 41.1 Å². The van der Waals surface area contributed by atoms with Gasteiger partial charge in [0.15, 0.2) is 12.0 Å². The molecule has 0 bridgehead atoms. The molecule has 3 saturated heterocycles. The lowest BCUT2D eigenvalue weighted by molar-refractivity contribution is -0.0366. The Kier molecular flexibility index (Phi) is 9.18. The number of benzene rings is 2. The predicted molar refractivity (Wildman–Crippen MR) is 195 cm³/mol. The average Bonchev–Trinajstić information content (AvgIpc) is 3.88. The lowest BCUT2D eigenvalue weighted by Gasteiger charge is -2.37. The van der Waals surface area contributed by atoms with Crippen molar-refractivity contribution in [3.63, 3.8) is 0 Å². The summed E-state index contributed by atoms with van der Waals surface area (Å²) in [6, 6.07) is 5.43. The summed E-state index contributed by atoms with van der Waals surface area (Å²) >= 11 is 7.16. The number of piperidine rings is 1. The second-order valence-electron chi connectivity index (χ2n) is 14.5. The molecule has 52 heavy (non-hydrogen) atoms. The smallest absolute Gasteiger partial charge is 0.407 e. The number of aryl methyl sites for hydroxylation is 1. The van der Waals surface area contributed by atoms with E-state index in [2.05, 4.69) is 24.1 Å². The summed E-state index contributed by atoms with van der Waals surface area (Å²) in [5.41, 5.74) is 4.34. The summed E-state index contributed by atoms with van der Waals surface area (Å²) in [6.07, 6.45) is 8.11. The Morgan fingerprint density at radius 3 is 2.60 bits per heavy atom. The molecule has 3 aliphatic rings. The molecular weight excluding hydrogens is 687 g/mol. The maximum absolute atomic E-state index is 17.5. The van der Waals surface area contributed by atoms with Crippen LogP contribution in [0.2, 0.25) is 5.02 Å². The Morgan fingerprint density at radius 2 is 1.87 bits per heavy atom. The van der Waals surface area contributed by atoms with Gasteiger partial charge in [-0.1, -0.05) is 11.6 Å². The summed E-state index contributed by atoms with van der Waals surface area (Å²) in [5, 5.41) is 31.0. The molecule has 2 aromatic carbocycles. The fourth-order valence-electron chi connectivity index (χ4n) is 8.52. The van der Waals surface area contributed by atoms with E-state index >= 15 is 4.39 Å². The second-order valence-corrected chi connectivity index (χ2v) is 14.9. The molecule has 8 rings (SSSR count). The van der Waals surface area contributed by atoms with Crippen molar-refractivity contribution >= 4 is 50.4 Å². The normalized spacial score (nSPS) is 22.8. The standard InChI is InChI=1S/C38H42ClFN8O4/c1-21-15-30-27(18-43-48(30)31-8-4-5-14-51-31)32(22(21)2)33-29(39)17-26-35(34(33)40)44-37(52-20-25-7-6-12-45(25)3)28-19-42-47(36(26)28)24-10-13-46(38(49)50)23(16-24)9-11-41/h15,17-19,23-25,31H,4-10,12-14,16,20H2,1-3H3,(H,49,50)/t23-,24+,25?,31?/m1/s1. The third-order valence-corrected chi connectivity index (χ3v) is 11.8. The molecule has 1 N–H and O–H groups in total. The number of likely N-dealkylation sites (tertiary alicyclic amines) is 2. The molecule has 0 saturated carbocycles. The van der Waals surface area contributed by atoms with Gasteiger partial charge < -0.3 is 24.4 Å². The lowest BCUT2D eigenvalue weighted by Crippen LogP contribution is -2.45. The van der Waals surface area contributed by atoms with E-state index in [9.17, 15) is 15.2 Å². The quantitative estimate of drug-likeness (QED) is 0.178. The van der Waals surface area contributed by atoms with Crippen molar-refractivity contribution in [2.75, 3.05) is 33.4 Å². The highest BCUT2D eigenvalue weighted by molar-refractivity contribution is 6.35. The van der Waals surface area contributed by atoms with Crippen LogP contribution in [0.15, 0.2) is 24.5 Å². The van der Waals surface area contributed by atoms with Gasteiger partial charge in [-0.25, -0.2) is 18.9 Å². The van der Waals surface area contributed by atoms with Gasteiger partial charge in [0.2, 0.25) is 5.88 Å². The molecule has 3 fully saturated rings. The topological polar surface area (TPSA) is 135 Å². The number of ether oxygens (including phenoxy) is 2. The highest BCUT2D eigenvalue weighted by Crippen LogP contribution is 2.45. The summed E-state index contributed by atoms with van der Waals surface area (Å²) < 4.78 is 33.8. The van der Waals surface area contributed by atoms with Crippen LogP contribution in [0.25, 0.3) is 43.8 Å². The van der Waals surface area contributed by atoms with Crippen LogP contribution in [0.5, 0.6) is 5.88 Å². The van der Waals surface area contributed by atoms with E-state index in [1.54, 1.807) is 18.5 Å². The molecule has 0 spiro atoms. The van der Waals surface area contributed by atoms with Crippen LogP contribution in [0.1, 0.15) is 74.8 Å². The van der Waals surface area contributed by atoms with Gasteiger partial charge in [0.05, 0.1) is 58.4 Å². The molecule has 0 aliphatic carbocycles. The average molecular weight is 729 g/mol. The lowest BCUT2D eigenvalue weighted by atomic mass is 9.92. The van der Waals surface area contributed by atoms with Crippen molar-refractivity contribution in [3.8, 4) is 23.1 Å². The van der Waals surface area contributed by atoms with Gasteiger partial charge in [-0.3, -0.25) is 4.68 Å². The van der Waals surface area contributed by atoms with E-state index in [1.165, 1.54) is 4.90 Å². The maximum atomic E-state index is 17.5. The fourth-order valence-corrected chi connectivity index (χ4v) is 8.81. The van der Waals surface area contributed by atoms with Crippen LogP contribution in [0.4, 0.5) is 9.18 Å². The predicted octanol–water partition coefficient (Wildman–Crippen LogP) is 7.78. The SMILES string of the molecule is Cc1cc2c(cnn2C2CCCCO2)c(-c2c(Cl)cc3c(nc(OCC4CCCN4C)c4cnn([C@H]5CCN(C(=O)O)[C@H](CC#N)C5)c43)c2F)c1C. The monoisotopic (exact) mass is 728 g/mol. The van der Waals surface area contributed by atoms with Gasteiger partial charge in [-0.05, 0) is 95.6 Å². The van der Waals surface area contributed by atoms with E-state index < -0.39 is 18.0 Å². The Bertz CT molecular complexity index is 2240. The number of carboxylic acid groups (broad SMARTS) is 1. The molecule has 5 aromatic rings. The van der Waals surface area contributed by atoms with Crippen molar-refractivity contribution < 1.29 is 23.8 Å². The molecule has 3 aromatic heterocycles. The molecule has 0 radical (unpaired) electrons. The number of hydrogen-bond acceptors (Lipinski definition) is 8. The first-order valence-electron chi connectivity index (χ1n) is 18.1. The first-order chi connectivity index (χ1) is 25.2. The minimum Gasteiger partial charge on any atom is -0.475 e.